The van der Waals surface area contributed by atoms with Crippen LogP contribution in [0.1, 0.15) is 16.7 Å². The van der Waals surface area contributed by atoms with Gasteiger partial charge in [0.1, 0.15) is 6.33 Å². The van der Waals surface area contributed by atoms with Crippen molar-refractivity contribution in [2.45, 2.75) is 20.4 Å². The molecule has 4 heteroatoms. The van der Waals surface area contributed by atoms with Crippen LogP contribution in [0.5, 0.6) is 0 Å². The van der Waals surface area contributed by atoms with E-state index < -0.39 is 0 Å². The fraction of sp³-hybridized carbons (Fsp3) is 0.188. The lowest BCUT2D eigenvalue weighted by Crippen LogP contribution is -2.04. The minimum Gasteiger partial charge on any atom is -0.326 e. The first-order chi connectivity index (χ1) is 9.61. The number of rotatable bonds is 2. The van der Waals surface area contributed by atoms with E-state index >= 15 is 0 Å². The molecule has 0 aliphatic carbocycles. The molecule has 2 N–H and O–H groups in total. The predicted octanol–water partition coefficient (Wildman–Crippen LogP) is 3.86. The molecule has 0 spiro atoms. The fourth-order valence-electron chi connectivity index (χ4n) is 2.43. The van der Waals surface area contributed by atoms with Crippen LogP contribution in [0, 0.1) is 13.8 Å². The molecule has 0 unspecified atom stereocenters. The van der Waals surface area contributed by atoms with Gasteiger partial charge in [0, 0.05) is 16.6 Å². The Labute approximate surface area is 126 Å². The highest BCUT2D eigenvalue weighted by Crippen LogP contribution is 2.27. The van der Waals surface area contributed by atoms with Gasteiger partial charge in [-0.1, -0.05) is 22.0 Å². The van der Waals surface area contributed by atoms with Crippen molar-refractivity contribution in [3.05, 3.63) is 57.8 Å². The molecule has 102 valence electrons. The Morgan fingerprint density at radius 3 is 2.70 bits per heavy atom. The number of imidazole rings is 1. The standard InChI is InChI=1S/C16H16BrN3/c1-10-6-14-16(7-11(10)2)20(9-19-14)15-5-3-4-13(17)12(15)8-18/h3-7,9H,8,18H2,1-2H3. The van der Waals surface area contributed by atoms with Crippen molar-refractivity contribution in [1.82, 2.24) is 9.55 Å². The van der Waals surface area contributed by atoms with Crippen molar-refractivity contribution in [2.24, 2.45) is 5.73 Å². The lowest BCUT2D eigenvalue weighted by Gasteiger charge is -2.12. The predicted molar refractivity (Wildman–Crippen MR) is 86.1 cm³/mol. The first-order valence-corrected chi connectivity index (χ1v) is 7.33. The molecule has 0 aliphatic rings. The normalized spacial score (nSPS) is 11.2. The number of nitrogens with two attached hydrogens (primary N) is 1. The molecule has 3 nitrogen and oxygen atoms in total. The van der Waals surface area contributed by atoms with E-state index in [2.05, 4.69) is 57.5 Å². The quantitative estimate of drug-likeness (QED) is 0.775. The third-order valence-electron chi connectivity index (χ3n) is 3.72. The van der Waals surface area contributed by atoms with Gasteiger partial charge in [-0.25, -0.2) is 4.98 Å². The highest BCUT2D eigenvalue weighted by Gasteiger charge is 2.11. The summed E-state index contributed by atoms with van der Waals surface area (Å²) in [6, 6.07) is 10.4. The number of hydrogen-bond donors (Lipinski definition) is 1. The van der Waals surface area contributed by atoms with Gasteiger partial charge in [0.2, 0.25) is 0 Å². The Morgan fingerprint density at radius 2 is 1.95 bits per heavy atom. The summed E-state index contributed by atoms with van der Waals surface area (Å²) >= 11 is 3.57. The van der Waals surface area contributed by atoms with E-state index in [9.17, 15) is 0 Å². The molecule has 0 bridgehead atoms. The summed E-state index contributed by atoms with van der Waals surface area (Å²) in [7, 11) is 0. The molecular formula is C16H16BrN3. The molecule has 0 aliphatic heterocycles. The van der Waals surface area contributed by atoms with E-state index in [1.165, 1.54) is 11.1 Å². The number of halogens is 1. The fourth-order valence-corrected chi connectivity index (χ4v) is 2.95. The van der Waals surface area contributed by atoms with Gasteiger partial charge in [0.05, 0.1) is 16.7 Å². The Morgan fingerprint density at radius 1 is 1.20 bits per heavy atom. The van der Waals surface area contributed by atoms with Crippen LogP contribution in [0.25, 0.3) is 16.7 Å². The second-order valence-corrected chi connectivity index (χ2v) is 5.84. The Bertz CT molecular complexity index is 790. The monoisotopic (exact) mass is 329 g/mol. The van der Waals surface area contributed by atoms with Crippen LogP contribution in [0.4, 0.5) is 0 Å². The van der Waals surface area contributed by atoms with Crippen LogP contribution in [0.3, 0.4) is 0 Å². The average molecular weight is 330 g/mol. The van der Waals surface area contributed by atoms with Crippen molar-refractivity contribution in [1.29, 1.82) is 0 Å². The van der Waals surface area contributed by atoms with Gasteiger partial charge in [-0.15, -0.1) is 0 Å². The minimum atomic E-state index is 0.487. The Hall–Kier alpha value is -1.65. The number of hydrogen-bond acceptors (Lipinski definition) is 2. The first-order valence-electron chi connectivity index (χ1n) is 6.54. The summed E-state index contributed by atoms with van der Waals surface area (Å²) in [6.07, 6.45) is 1.87. The number of aromatic nitrogens is 2. The van der Waals surface area contributed by atoms with E-state index in [1.807, 2.05) is 18.5 Å². The highest BCUT2D eigenvalue weighted by atomic mass is 79.9. The maximum absolute atomic E-state index is 5.89. The number of fused-ring (bicyclic) bond motifs is 1. The van der Waals surface area contributed by atoms with Crippen LogP contribution in [-0.4, -0.2) is 9.55 Å². The zero-order valence-electron chi connectivity index (χ0n) is 11.5. The molecule has 0 fully saturated rings. The smallest absolute Gasteiger partial charge is 0.100 e. The maximum Gasteiger partial charge on any atom is 0.100 e. The molecule has 3 aromatic rings. The summed E-state index contributed by atoms with van der Waals surface area (Å²) in [5.41, 5.74) is 12.7. The van der Waals surface area contributed by atoms with Crippen LogP contribution < -0.4 is 5.73 Å². The second kappa shape index (κ2) is 5.04. The average Bonchev–Trinajstić information content (AvgIpc) is 2.81. The van der Waals surface area contributed by atoms with Crippen molar-refractivity contribution < 1.29 is 0 Å². The summed E-state index contributed by atoms with van der Waals surface area (Å²) in [5, 5.41) is 0. The van der Waals surface area contributed by atoms with Crippen LogP contribution in [-0.2, 0) is 6.54 Å². The van der Waals surface area contributed by atoms with E-state index in [1.54, 1.807) is 0 Å². The maximum atomic E-state index is 5.89. The van der Waals surface area contributed by atoms with Crippen LogP contribution >= 0.6 is 15.9 Å². The van der Waals surface area contributed by atoms with Crippen LogP contribution in [0.2, 0.25) is 0 Å². The van der Waals surface area contributed by atoms with Crippen LogP contribution in [0.15, 0.2) is 41.1 Å². The molecule has 0 saturated carbocycles. The largest absolute Gasteiger partial charge is 0.326 e. The van der Waals surface area contributed by atoms with Crippen molar-refractivity contribution in [3.63, 3.8) is 0 Å². The molecule has 1 aromatic heterocycles. The van der Waals surface area contributed by atoms with Gasteiger partial charge in [-0.3, -0.25) is 4.57 Å². The van der Waals surface area contributed by atoms with E-state index in [0.29, 0.717) is 6.54 Å². The SMILES string of the molecule is Cc1cc2ncn(-c3cccc(Br)c3CN)c2cc1C. The van der Waals surface area contributed by atoms with Gasteiger partial charge in [-0.2, -0.15) is 0 Å². The Balaban J connectivity index is 2.30. The van der Waals surface area contributed by atoms with Gasteiger partial charge in [0.25, 0.3) is 0 Å². The lowest BCUT2D eigenvalue weighted by molar-refractivity contribution is 0.993. The molecule has 3 rings (SSSR count). The first kappa shape index (κ1) is 13.3. The van der Waals surface area contributed by atoms with E-state index in [0.717, 1.165) is 26.8 Å². The zero-order valence-corrected chi connectivity index (χ0v) is 13.1. The van der Waals surface area contributed by atoms with Crippen molar-refractivity contribution in [2.75, 3.05) is 0 Å². The third-order valence-corrected chi connectivity index (χ3v) is 4.46. The number of nitrogens with zero attached hydrogens (tertiary/aromatic N) is 2. The van der Waals surface area contributed by atoms with Gasteiger partial charge in [-0.05, 0) is 49.2 Å². The lowest BCUT2D eigenvalue weighted by atomic mass is 10.1. The van der Waals surface area contributed by atoms with Gasteiger partial charge in [0.15, 0.2) is 0 Å². The van der Waals surface area contributed by atoms with Gasteiger partial charge >= 0.3 is 0 Å². The van der Waals surface area contributed by atoms with E-state index in [4.69, 9.17) is 5.73 Å². The summed E-state index contributed by atoms with van der Waals surface area (Å²) in [4.78, 5) is 4.51. The second-order valence-electron chi connectivity index (χ2n) is 4.98. The third kappa shape index (κ3) is 2.05. The summed E-state index contributed by atoms with van der Waals surface area (Å²) in [5.74, 6) is 0. The summed E-state index contributed by atoms with van der Waals surface area (Å²) < 4.78 is 3.14. The topological polar surface area (TPSA) is 43.8 Å². The molecule has 1 heterocycles. The van der Waals surface area contributed by atoms with Gasteiger partial charge < -0.3 is 5.73 Å². The highest BCUT2D eigenvalue weighted by molar-refractivity contribution is 9.10. The molecule has 20 heavy (non-hydrogen) atoms. The van der Waals surface area contributed by atoms with Crippen molar-refractivity contribution >= 4 is 27.0 Å². The van der Waals surface area contributed by atoms with E-state index in [-0.39, 0.29) is 0 Å². The molecule has 2 aromatic carbocycles. The summed E-state index contributed by atoms with van der Waals surface area (Å²) in [6.45, 7) is 4.72. The molecule has 0 radical (unpaired) electrons. The Kier molecular flexibility index (Phi) is 3.36. The zero-order chi connectivity index (χ0) is 14.3. The molecule has 0 amide bonds. The molecular weight excluding hydrogens is 314 g/mol. The van der Waals surface area contributed by atoms with Crippen molar-refractivity contribution in [3.8, 4) is 5.69 Å². The molecule has 0 saturated heterocycles. The number of aryl methyl sites for hydroxylation is 2. The molecule has 0 atom stereocenters. The minimum absolute atomic E-state index is 0.487. The number of benzene rings is 2.